The fourth-order valence-electron chi connectivity index (χ4n) is 2.81. The molecule has 3 nitrogen and oxygen atoms in total. The van der Waals surface area contributed by atoms with Crippen LogP contribution in [0.5, 0.6) is 0 Å². The van der Waals surface area contributed by atoms with E-state index in [-0.39, 0.29) is 5.54 Å². The number of hydrogen-bond donors (Lipinski definition) is 1. The first-order valence-electron chi connectivity index (χ1n) is 6.67. The Morgan fingerprint density at radius 3 is 2.38 bits per heavy atom. The van der Waals surface area contributed by atoms with Crippen LogP contribution in [0.3, 0.4) is 0 Å². The van der Waals surface area contributed by atoms with Crippen molar-refractivity contribution in [3.8, 4) is 0 Å². The van der Waals surface area contributed by atoms with Crippen molar-refractivity contribution < 1.29 is 0 Å². The van der Waals surface area contributed by atoms with E-state index in [9.17, 15) is 0 Å². The Labute approximate surface area is 101 Å². The average molecular weight is 227 g/mol. The van der Waals surface area contributed by atoms with Crippen molar-refractivity contribution in [3.63, 3.8) is 0 Å². The van der Waals surface area contributed by atoms with Crippen LogP contribution in [0.4, 0.5) is 0 Å². The molecule has 0 aromatic carbocycles. The maximum absolute atomic E-state index is 6.06. The third kappa shape index (κ3) is 2.96. The van der Waals surface area contributed by atoms with Gasteiger partial charge in [0.25, 0.3) is 0 Å². The van der Waals surface area contributed by atoms with Crippen molar-refractivity contribution in [2.75, 3.05) is 33.7 Å². The minimum absolute atomic E-state index is 0.251. The summed E-state index contributed by atoms with van der Waals surface area (Å²) in [6.07, 6.45) is 4.95. The molecule has 0 spiro atoms. The molecule has 2 N–H and O–H groups in total. The van der Waals surface area contributed by atoms with Gasteiger partial charge in [0.05, 0.1) is 0 Å². The van der Waals surface area contributed by atoms with Crippen LogP contribution in [0.1, 0.15) is 39.5 Å². The van der Waals surface area contributed by atoms with E-state index in [4.69, 9.17) is 5.73 Å². The first-order chi connectivity index (χ1) is 7.55. The van der Waals surface area contributed by atoms with E-state index in [1.807, 2.05) is 0 Å². The van der Waals surface area contributed by atoms with Crippen LogP contribution >= 0.6 is 0 Å². The normalized spacial score (nSPS) is 23.6. The summed E-state index contributed by atoms with van der Waals surface area (Å²) < 4.78 is 0. The van der Waals surface area contributed by atoms with Crippen LogP contribution in [0.2, 0.25) is 0 Å². The minimum atomic E-state index is 0.251. The number of piperidine rings is 1. The van der Waals surface area contributed by atoms with E-state index in [2.05, 4.69) is 37.7 Å². The number of rotatable bonds is 5. The number of likely N-dealkylation sites (N-methyl/N-ethyl adjacent to an activating group) is 1. The van der Waals surface area contributed by atoms with Crippen LogP contribution in [-0.2, 0) is 0 Å². The van der Waals surface area contributed by atoms with Crippen molar-refractivity contribution in [3.05, 3.63) is 0 Å². The summed E-state index contributed by atoms with van der Waals surface area (Å²) in [4.78, 5) is 4.95. The molecular weight excluding hydrogens is 198 g/mol. The van der Waals surface area contributed by atoms with Crippen molar-refractivity contribution in [2.24, 2.45) is 5.73 Å². The zero-order valence-electron chi connectivity index (χ0n) is 11.5. The van der Waals surface area contributed by atoms with Gasteiger partial charge in [0.1, 0.15) is 0 Å². The number of hydrogen-bond acceptors (Lipinski definition) is 3. The van der Waals surface area contributed by atoms with Gasteiger partial charge in [-0.05, 0) is 53.4 Å². The van der Waals surface area contributed by atoms with E-state index in [1.54, 1.807) is 0 Å². The predicted octanol–water partition coefficient (Wildman–Crippen LogP) is 1.53. The molecule has 0 saturated carbocycles. The summed E-state index contributed by atoms with van der Waals surface area (Å²) in [7, 11) is 4.47. The average Bonchev–Trinajstić information content (AvgIpc) is 2.30. The summed E-state index contributed by atoms with van der Waals surface area (Å²) in [6.45, 7) is 7.75. The summed E-state index contributed by atoms with van der Waals surface area (Å²) in [6, 6.07) is 0.650. The molecule has 1 aliphatic rings. The van der Waals surface area contributed by atoms with Gasteiger partial charge in [-0.2, -0.15) is 0 Å². The lowest BCUT2D eigenvalue weighted by Crippen LogP contribution is -2.59. The monoisotopic (exact) mass is 227 g/mol. The van der Waals surface area contributed by atoms with Crippen LogP contribution in [0, 0.1) is 0 Å². The Bertz CT molecular complexity index is 197. The molecule has 0 aromatic rings. The van der Waals surface area contributed by atoms with Gasteiger partial charge in [-0.25, -0.2) is 0 Å². The van der Waals surface area contributed by atoms with Gasteiger partial charge in [0, 0.05) is 18.1 Å². The second-order valence-corrected chi connectivity index (χ2v) is 5.48. The zero-order valence-corrected chi connectivity index (χ0v) is 11.5. The van der Waals surface area contributed by atoms with Crippen LogP contribution < -0.4 is 5.73 Å². The van der Waals surface area contributed by atoms with E-state index in [0.29, 0.717) is 6.04 Å². The van der Waals surface area contributed by atoms with Gasteiger partial charge >= 0.3 is 0 Å². The molecule has 3 heteroatoms. The van der Waals surface area contributed by atoms with Crippen molar-refractivity contribution in [1.29, 1.82) is 0 Å². The Morgan fingerprint density at radius 1 is 1.38 bits per heavy atom. The zero-order chi connectivity index (χ0) is 12.2. The molecule has 0 aliphatic carbocycles. The molecule has 1 rings (SSSR count). The molecule has 1 unspecified atom stereocenters. The fourth-order valence-corrected chi connectivity index (χ4v) is 2.81. The van der Waals surface area contributed by atoms with Crippen molar-refractivity contribution in [1.82, 2.24) is 9.80 Å². The van der Waals surface area contributed by atoms with Gasteiger partial charge in [0.15, 0.2) is 0 Å². The first-order valence-corrected chi connectivity index (χ1v) is 6.67. The van der Waals surface area contributed by atoms with Gasteiger partial charge in [-0.1, -0.05) is 13.3 Å². The SMILES string of the molecule is CCCC(C)N(C)C1(CN)CCN(C)CC1. The summed E-state index contributed by atoms with van der Waals surface area (Å²) in [5.41, 5.74) is 6.31. The Hall–Kier alpha value is -0.120. The molecule has 1 saturated heterocycles. The molecule has 96 valence electrons. The van der Waals surface area contributed by atoms with Crippen molar-refractivity contribution >= 4 is 0 Å². The molecule has 0 radical (unpaired) electrons. The summed E-state index contributed by atoms with van der Waals surface area (Å²) >= 11 is 0. The van der Waals surface area contributed by atoms with Gasteiger partial charge in [0.2, 0.25) is 0 Å². The molecule has 16 heavy (non-hydrogen) atoms. The molecule has 0 bridgehead atoms. The minimum Gasteiger partial charge on any atom is -0.329 e. The van der Waals surface area contributed by atoms with Gasteiger partial charge in [-0.15, -0.1) is 0 Å². The first kappa shape index (κ1) is 13.9. The van der Waals surface area contributed by atoms with Crippen LogP contribution in [0.25, 0.3) is 0 Å². The summed E-state index contributed by atoms with van der Waals surface area (Å²) in [5.74, 6) is 0. The lowest BCUT2D eigenvalue weighted by atomic mass is 9.84. The molecule has 1 atom stereocenters. The largest absolute Gasteiger partial charge is 0.329 e. The standard InChI is InChI=1S/C13H29N3/c1-5-6-12(2)16(4)13(11-14)7-9-15(3)10-8-13/h12H,5-11,14H2,1-4H3. The second-order valence-electron chi connectivity index (χ2n) is 5.48. The fraction of sp³-hybridized carbons (Fsp3) is 1.00. The summed E-state index contributed by atoms with van der Waals surface area (Å²) in [5, 5.41) is 0. The number of nitrogens with zero attached hydrogens (tertiary/aromatic N) is 2. The topological polar surface area (TPSA) is 32.5 Å². The third-order valence-corrected chi connectivity index (χ3v) is 4.41. The molecule has 1 aliphatic heterocycles. The smallest absolute Gasteiger partial charge is 0.0355 e. The Morgan fingerprint density at radius 2 is 1.94 bits per heavy atom. The maximum atomic E-state index is 6.06. The number of nitrogens with two attached hydrogens (primary N) is 1. The molecular formula is C13H29N3. The van der Waals surface area contributed by atoms with E-state index < -0.39 is 0 Å². The van der Waals surface area contributed by atoms with E-state index in [0.717, 1.165) is 6.54 Å². The lowest BCUT2D eigenvalue weighted by Gasteiger charge is -2.48. The second kappa shape index (κ2) is 5.99. The van der Waals surface area contributed by atoms with Crippen molar-refractivity contribution in [2.45, 2.75) is 51.1 Å². The highest BCUT2D eigenvalue weighted by molar-refractivity contribution is 4.96. The lowest BCUT2D eigenvalue weighted by molar-refractivity contribution is 0.0252. The molecule has 1 fully saturated rings. The van der Waals surface area contributed by atoms with Crippen LogP contribution in [0.15, 0.2) is 0 Å². The predicted molar refractivity (Wildman–Crippen MR) is 70.6 cm³/mol. The van der Waals surface area contributed by atoms with Gasteiger partial charge in [-0.3, -0.25) is 4.90 Å². The van der Waals surface area contributed by atoms with Gasteiger partial charge < -0.3 is 10.6 Å². The molecule has 0 aromatic heterocycles. The van der Waals surface area contributed by atoms with E-state index >= 15 is 0 Å². The maximum Gasteiger partial charge on any atom is 0.0355 e. The van der Waals surface area contributed by atoms with Crippen LogP contribution in [-0.4, -0.2) is 55.1 Å². The highest BCUT2D eigenvalue weighted by Gasteiger charge is 2.37. The highest BCUT2D eigenvalue weighted by Crippen LogP contribution is 2.29. The molecule has 1 heterocycles. The highest BCUT2D eigenvalue weighted by atomic mass is 15.2. The number of likely N-dealkylation sites (tertiary alicyclic amines) is 1. The quantitative estimate of drug-likeness (QED) is 0.773. The molecule has 0 amide bonds. The Balaban J connectivity index is 2.64. The third-order valence-electron chi connectivity index (χ3n) is 4.41. The van der Waals surface area contributed by atoms with E-state index in [1.165, 1.54) is 38.8 Å². The Kier molecular flexibility index (Phi) is 5.22.